The molecule has 2 fully saturated rings. The molecule has 1 unspecified atom stereocenters. The summed E-state index contributed by atoms with van der Waals surface area (Å²) in [4.78, 5) is 17.1. The van der Waals surface area contributed by atoms with Gasteiger partial charge >= 0.3 is 0 Å². The van der Waals surface area contributed by atoms with Gasteiger partial charge in [0.15, 0.2) is 12.1 Å². The Balaban J connectivity index is 1.42. The van der Waals surface area contributed by atoms with Gasteiger partial charge in [-0.3, -0.25) is 0 Å². The molecule has 2 N–H and O–H groups in total. The van der Waals surface area contributed by atoms with Crippen LogP contribution in [0.5, 0.6) is 0 Å². The molecule has 4 heterocycles. The van der Waals surface area contributed by atoms with Gasteiger partial charge < -0.3 is 15.0 Å². The van der Waals surface area contributed by atoms with Gasteiger partial charge in [0.1, 0.15) is 17.2 Å². The highest BCUT2D eigenvalue weighted by Gasteiger charge is 2.28. The van der Waals surface area contributed by atoms with E-state index in [1.54, 1.807) is 6.07 Å². The maximum atomic E-state index is 14.9. The number of hydrogen-bond acceptors (Lipinski definition) is 7. The lowest BCUT2D eigenvalue weighted by atomic mass is 10.00. The molecule has 5 rings (SSSR count). The summed E-state index contributed by atoms with van der Waals surface area (Å²) < 4.78 is 20.4. The summed E-state index contributed by atoms with van der Waals surface area (Å²) in [7, 11) is 0. The number of aromatic nitrogens is 1. The minimum Gasteiger partial charge on any atom is -0.381 e. The zero-order valence-corrected chi connectivity index (χ0v) is 18.9. The van der Waals surface area contributed by atoms with Gasteiger partial charge in [-0.05, 0) is 62.8 Å². The number of halogens is 1. The molecule has 3 aliphatic rings. The number of hydroxylamine groups is 1. The van der Waals surface area contributed by atoms with E-state index < -0.39 is 0 Å². The lowest BCUT2D eigenvalue weighted by Gasteiger charge is -2.36. The van der Waals surface area contributed by atoms with Crippen LogP contribution in [0.1, 0.15) is 50.7 Å². The second-order valence-corrected chi connectivity index (χ2v) is 8.97. The first-order valence-electron chi connectivity index (χ1n) is 11.8. The molecule has 3 aliphatic heterocycles. The molecule has 32 heavy (non-hydrogen) atoms. The molecular formula is C24H32FN5O2. The molecule has 0 saturated carbocycles. The summed E-state index contributed by atoms with van der Waals surface area (Å²) in [6.45, 7) is 7.34. The SMILES string of the molecule is CCc1cc(F)c2nc(N3CCC(NC4CCOCC4)CC3)c(C3=NC(C)ON3)cc2c1. The van der Waals surface area contributed by atoms with Gasteiger partial charge in [-0.15, -0.1) is 0 Å². The average Bonchev–Trinajstić information content (AvgIpc) is 3.25. The Morgan fingerprint density at radius 3 is 2.56 bits per heavy atom. The van der Waals surface area contributed by atoms with E-state index in [9.17, 15) is 4.39 Å². The predicted molar refractivity (Wildman–Crippen MR) is 124 cm³/mol. The van der Waals surface area contributed by atoms with Crippen molar-refractivity contribution in [3.63, 3.8) is 0 Å². The molecule has 0 spiro atoms. The van der Waals surface area contributed by atoms with Crippen molar-refractivity contribution < 1.29 is 14.0 Å². The number of nitrogens with zero attached hydrogens (tertiary/aromatic N) is 3. The highest BCUT2D eigenvalue weighted by Crippen LogP contribution is 2.30. The third kappa shape index (κ3) is 4.44. The van der Waals surface area contributed by atoms with Gasteiger partial charge in [-0.2, -0.15) is 0 Å². The van der Waals surface area contributed by atoms with Crippen LogP contribution < -0.4 is 15.7 Å². The summed E-state index contributed by atoms with van der Waals surface area (Å²) in [5.41, 5.74) is 5.18. The number of ether oxygens (including phenoxy) is 1. The van der Waals surface area contributed by atoms with Crippen LogP contribution in [0.25, 0.3) is 10.9 Å². The van der Waals surface area contributed by atoms with Crippen molar-refractivity contribution in [2.75, 3.05) is 31.2 Å². The van der Waals surface area contributed by atoms with Gasteiger partial charge in [0.2, 0.25) is 0 Å². The number of aryl methyl sites for hydroxylation is 1. The molecule has 2 saturated heterocycles. The average molecular weight is 442 g/mol. The van der Waals surface area contributed by atoms with Crippen molar-refractivity contribution in [2.24, 2.45) is 4.99 Å². The van der Waals surface area contributed by atoms with Crippen molar-refractivity contribution in [1.29, 1.82) is 0 Å². The number of amidine groups is 1. The molecule has 0 radical (unpaired) electrons. The summed E-state index contributed by atoms with van der Waals surface area (Å²) in [6, 6.07) is 6.65. The lowest BCUT2D eigenvalue weighted by Crippen LogP contribution is -2.48. The molecule has 0 aliphatic carbocycles. The maximum Gasteiger partial charge on any atom is 0.174 e. The van der Waals surface area contributed by atoms with Crippen LogP contribution in [0.2, 0.25) is 0 Å². The molecule has 0 amide bonds. The van der Waals surface area contributed by atoms with Gasteiger partial charge in [0, 0.05) is 43.8 Å². The second-order valence-electron chi connectivity index (χ2n) is 8.97. The second kappa shape index (κ2) is 9.29. The topological polar surface area (TPSA) is 71.0 Å². The fourth-order valence-electron chi connectivity index (χ4n) is 4.87. The normalized spacial score (nSPS) is 22.9. The monoisotopic (exact) mass is 441 g/mol. The fraction of sp³-hybridized carbons (Fsp3) is 0.583. The molecule has 172 valence electrons. The maximum absolute atomic E-state index is 14.9. The number of nitrogens with one attached hydrogen (secondary N) is 2. The van der Waals surface area contributed by atoms with Crippen LogP contribution in [0, 0.1) is 5.82 Å². The van der Waals surface area contributed by atoms with Crippen LogP contribution >= 0.6 is 0 Å². The summed E-state index contributed by atoms with van der Waals surface area (Å²) in [6.07, 6.45) is 4.73. The van der Waals surface area contributed by atoms with E-state index in [0.717, 1.165) is 80.7 Å². The third-order valence-corrected chi connectivity index (χ3v) is 6.70. The number of hydrogen-bond donors (Lipinski definition) is 2. The van der Waals surface area contributed by atoms with Crippen LogP contribution in [-0.2, 0) is 16.0 Å². The molecule has 7 nitrogen and oxygen atoms in total. The predicted octanol–water partition coefficient (Wildman–Crippen LogP) is 3.30. The Labute approximate surface area is 188 Å². The largest absolute Gasteiger partial charge is 0.381 e. The summed E-state index contributed by atoms with van der Waals surface area (Å²) in [5.74, 6) is 1.16. The number of pyridine rings is 1. The summed E-state index contributed by atoms with van der Waals surface area (Å²) in [5, 5.41) is 4.61. The number of rotatable bonds is 5. The number of benzene rings is 1. The van der Waals surface area contributed by atoms with E-state index in [4.69, 9.17) is 14.6 Å². The van der Waals surface area contributed by atoms with Crippen molar-refractivity contribution in [3.8, 4) is 0 Å². The van der Waals surface area contributed by atoms with E-state index >= 15 is 0 Å². The van der Waals surface area contributed by atoms with E-state index in [1.807, 2.05) is 26.0 Å². The van der Waals surface area contributed by atoms with Crippen LogP contribution in [0.3, 0.4) is 0 Å². The van der Waals surface area contributed by atoms with E-state index in [2.05, 4.69) is 20.7 Å². The molecule has 1 aromatic heterocycles. The number of piperidine rings is 1. The number of fused-ring (bicyclic) bond motifs is 1. The third-order valence-electron chi connectivity index (χ3n) is 6.70. The first kappa shape index (κ1) is 21.6. The Morgan fingerprint density at radius 2 is 1.88 bits per heavy atom. The Hall–Kier alpha value is -2.29. The number of aliphatic imine (C=N–C) groups is 1. The Morgan fingerprint density at radius 1 is 1.12 bits per heavy atom. The summed E-state index contributed by atoms with van der Waals surface area (Å²) >= 11 is 0. The van der Waals surface area contributed by atoms with Gasteiger partial charge in [-0.25, -0.2) is 24.7 Å². The molecule has 0 bridgehead atoms. The lowest BCUT2D eigenvalue weighted by molar-refractivity contribution is 0.0504. The van der Waals surface area contributed by atoms with Gasteiger partial charge in [0.25, 0.3) is 0 Å². The molecule has 1 atom stereocenters. The van der Waals surface area contributed by atoms with Crippen molar-refractivity contribution in [1.82, 2.24) is 15.8 Å². The number of anilines is 1. The fourth-order valence-corrected chi connectivity index (χ4v) is 4.87. The molecule has 8 heteroatoms. The minimum absolute atomic E-state index is 0.262. The smallest absolute Gasteiger partial charge is 0.174 e. The van der Waals surface area contributed by atoms with Crippen molar-refractivity contribution >= 4 is 22.6 Å². The zero-order chi connectivity index (χ0) is 22.1. The van der Waals surface area contributed by atoms with Gasteiger partial charge in [-0.1, -0.05) is 6.92 Å². The first-order chi connectivity index (χ1) is 15.6. The van der Waals surface area contributed by atoms with E-state index in [0.29, 0.717) is 23.4 Å². The van der Waals surface area contributed by atoms with Gasteiger partial charge in [0.05, 0.1) is 5.56 Å². The van der Waals surface area contributed by atoms with E-state index in [-0.39, 0.29) is 12.0 Å². The standard InChI is InChI=1S/C24H32FN5O2/c1-3-16-12-17-14-20(23-26-15(2)32-29-23)24(28-22(17)21(25)13-16)30-8-4-18(5-9-30)27-19-6-10-31-11-7-19/h12-15,18-19,27H,3-11H2,1-2H3,(H,26,29). The van der Waals surface area contributed by atoms with Crippen LogP contribution in [-0.4, -0.2) is 55.4 Å². The highest BCUT2D eigenvalue weighted by atomic mass is 19.1. The molecule has 1 aromatic carbocycles. The van der Waals surface area contributed by atoms with Crippen LogP contribution in [0.15, 0.2) is 23.2 Å². The highest BCUT2D eigenvalue weighted by molar-refractivity contribution is 6.05. The van der Waals surface area contributed by atoms with Crippen LogP contribution in [0.4, 0.5) is 10.2 Å². The minimum atomic E-state index is -0.269. The molecule has 2 aromatic rings. The molecular weight excluding hydrogens is 409 g/mol. The first-order valence-corrected chi connectivity index (χ1v) is 11.8. The van der Waals surface area contributed by atoms with Crippen molar-refractivity contribution in [2.45, 2.75) is 64.3 Å². The quantitative estimate of drug-likeness (QED) is 0.742. The van der Waals surface area contributed by atoms with E-state index in [1.165, 1.54) is 0 Å². The Bertz CT molecular complexity index is 1000. The van der Waals surface area contributed by atoms with Crippen molar-refractivity contribution in [3.05, 3.63) is 35.1 Å². The Kier molecular flexibility index (Phi) is 6.26. The zero-order valence-electron chi connectivity index (χ0n) is 18.9.